The molecule has 1 aromatic heterocycles. The normalized spacial score (nSPS) is 23.9. The van der Waals surface area contributed by atoms with Gasteiger partial charge in [-0.15, -0.1) is 0 Å². The number of hydrogen-bond acceptors (Lipinski definition) is 5. The predicted octanol–water partition coefficient (Wildman–Crippen LogP) is 1.18. The van der Waals surface area contributed by atoms with Crippen molar-refractivity contribution in [1.29, 1.82) is 0 Å². The summed E-state index contributed by atoms with van der Waals surface area (Å²) in [5, 5.41) is 13.2. The summed E-state index contributed by atoms with van der Waals surface area (Å²) in [4.78, 5) is 10.9. The summed E-state index contributed by atoms with van der Waals surface area (Å²) < 4.78 is 0. The van der Waals surface area contributed by atoms with E-state index in [9.17, 15) is 5.11 Å². The number of anilines is 1. The topological polar surface area (TPSA) is 61.3 Å². The molecule has 2 heterocycles. The zero-order chi connectivity index (χ0) is 13.8. The van der Waals surface area contributed by atoms with Gasteiger partial charge in [0.2, 0.25) is 5.95 Å². The van der Waals surface area contributed by atoms with Gasteiger partial charge in [-0.25, -0.2) is 9.97 Å². The summed E-state index contributed by atoms with van der Waals surface area (Å²) in [5.74, 6) is 1.09. The molecular weight excluding hydrogens is 240 g/mol. The number of hydrogen-bond donors (Lipinski definition) is 2. The Hall–Kier alpha value is -1.20. The van der Waals surface area contributed by atoms with E-state index in [2.05, 4.69) is 41.0 Å². The smallest absolute Gasteiger partial charge is 0.225 e. The molecule has 1 aliphatic heterocycles. The zero-order valence-electron chi connectivity index (χ0n) is 12.0. The van der Waals surface area contributed by atoms with Crippen LogP contribution in [-0.2, 0) is 6.54 Å². The fourth-order valence-corrected chi connectivity index (χ4v) is 2.16. The van der Waals surface area contributed by atoms with Crippen LogP contribution in [0.2, 0.25) is 0 Å². The van der Waals surface area contributed by atoms with Crippen molar-refractivity contribution >= 4 is 5.95 Å². The monoisotopic (exact) mass is 264 g/mol. The molecule has 0 spiro atoms. The van der Waals surface area contributed by atoms with Gasteiger partial charge in [0.15, 0.2) is 0 Å². The molecule has 19 heavy (non-hydrogen) atoms. The number of aliphatic hydroxyl groups is 1. The highest BCUT2D eigenvalue weighted by atomic mass is 16.3. The molecule has 1 aliphatic rings. The van der Waals surface area contributed by atoms with Crippen LogP contribution < -0.4 is 10.2 Å². The van der Waals surface area contributed by atoms with E-state index in [0.717, 1.165) is 31.0 Å². The van der Waals surface area contributed by atoms with Crippen LogP contribution in [0.4, 0.5) is 5.95 Å². The maximum absolute atomic E-state index is 9.90. The third-order valence-electron chi connectivity index (χ3n) is 3.61. The van der Waals surface area contributed by atoms with Crippen LogP contribution in [0.5, 0.6) is 0 Å². The number of nitrogens with zero attached hydrogens (tertiary/aromatic N) is 3. The molecule has 0 aromatic carbocycles. The minimum Gasteiger partial charge on any atom is -0.391 e. The van der Waals surface area contributed by atoms with Gasteiger partial charge < -0.3 is 15.3 Å². The SMILES string of the molecule is CC(C)NCc1cnc(N2CCC(C)C(O)C2)nc1. The van der Waals surface area contributed by atoms with Crippen molar-refractivity contribution in [3.05, 3.63) is 18.0 Å². The van der Waals surface area contributed by atoms with Crippen molar-refractivity contribution < 1.29 is 5.11 Å². The number of nitrogens with one attached hydrogen (secondary N) is 1. The fourth-order valence-electron chi connectivity index (χ4n) is 2.16. The average Bonchev–Trinajstić information content (AvgIpc) is 2.40. The van der Waals surface area contributed by atoms with Gasteiger partial charge in [0.1, 0.15) is 0 Å². The zero-order valence-corrected chi connectivity index (χ0v) is 12.0. The van der Waals surface area contributed by atoms with E-state index in [1.54, 1.807) is 0 Å². The second-order valence-corrected chi connectivity index (χ2v) is 5.71. The van der Waals surface area contributed by atoms with Crippen LogP contribution in [0.1, 0.15) is 32.8 Å². The maximum atomic E-state index is 9.90. The first-order valence-corrected chi connectivity index (χ1v) is 7.03. The highest BCUT2D eigenvalue weighted by Crippen LogP contribution is 2.20. The van der Waals surface area contributed by atoms with Gasteiger partial charge in [0, 0.05) is 43.6 Å². The third kappa shape index (κ3) is 3.88. The molecule has 2 rings (SSSR count). The van der Waals surface area contributed by atoms with Crippen molar-refractivity contribution in [3.8, 4) is 0 Å². The van der Waals surface area contributed by atoms with Gasteiger partial charge in [-0.1, -0.05) is 20.8 Å². The number of aromatic nitrogens is 2. The van der Waals surface area contributed by atoms with Gasteiger partial charge in [-0.05, 0) is 12.3 Å². The molecule has 0 aliphatic carbocycles. The Morgan fingerprint density at radius 1 is 1.42 bits per heavy atom. The number of rotatable bonds is 4. The van der Waals surface area contributed by atoms with Crippen LogP contribution in [0, 0.1) is 5.92 Å². The van der Waals surface area contributed by atoms with E-state index in [1.165, 1.54) is 0 Å². The molecular formula is C14H24N4O. The van der Waals surface area contributed by atoms with Crippen LogP contribution in [0.25, 0.3) is 0 Å². The first-order chi connectivity index (χ1) is 9.06. The molecule has 106 valence electrons. The van der Waals surface area contributed by atoms with Crippen molar-refractivity contribution in [2.45, 2.75) is 45.9 Å². The van der Waals surface area contributed by atoms with E-state index < -0.39 is 0 Å². The largest absolute Gasteiger partial charge is 0.391 e. The van der Waals surface area contributed by atoms with E-state index in [1.807, 2.05) is 12.4 Å². The van der Waals surface area contributed by atoms with Crippen molar-refractivity contribution in [1.82, 2.24) is 15.3 Å². The van der Waals surface area contributed by atoms with E-state index in [-0.39, 0.29) is 6.10 Å². The molecule has 1 fully saturated rings. The minimum absolute atomic E-state index is 0.278. The Morgan fingerprint density at radius 2 is 2.11 bits per heavy atom. The lowest BCUT2D eigenvalue weighted by Crippen LogP contribution is -2.43. The lowest BCUT2D eigenvalue weighted by molar-refractivity contribution is 0.102. The molecule has 1 aromatic rings. The first-order valence-electron chi connectivity index (χ1n) is 7.03. The molecule has 5 heteroatoms. The van der Waals surface area contributed by atoms with E-state index >= 15 is 0 Å². The highest BCUT2D eigenvalue weighted by Gasteiger charge is 2.25. The van der Waals surface area contributed by atoms with Crippen molar-refractivity contribution in [3.63, 3.8) is 0 Å². The van der Waals surface area contributed by atoms with Gasteiger partial charge in [0.05, 0.1) is 6.10 Å². The van der Waals surface area contributed by atoms with Crippen LogP contribution >= 0.6 is 0 Å². The first kappa shape index (κ1) is 14.2. The molecule has 1 saturated heterocycles. The minimum atomic E-state index is -0.278. The predicted molar refractivity (Wildman–Crippen MR) is 76.0 cm³/mol. The maximum Gasteiger partial charge on any atom is 0.225 e. The van der Waals surface area contributed by atoms with Gasteiger partial charge in [0.25, 0.3) is 0 Å². The highest BCUT2D eigenvalue weighted by molar-refractivity contribution is 5.31. The lowest BCUT2D eigenvalue weighted by Gasteiger charge is -2.34. The van der Waals surface area contributed by atoms with Gasteiger partial charge in [-0.3, -0.25) is 0 Å². The molecule has 0 amide bonds. The molecule has 2 unspecified atom stereocenters. The summed E-state index contributed by atoms with van der Waals surface area (Å²) in [6.07, 6.45) is 4.44. The number of β-amino-alcohol motifs (C(OH)–C–C–N with tert-alkyl or cyclic N) is 1. The van der Waals surface area contributed by atoms with Gasteiger partial charge in [-0.2, -0.15) is 0 Å². The Balaban J connectivity index is 1.94. The lowest BCUT2D eigenvalue weighted by atomic mass is 9.96. The van der Waals surface area contributed by atoms with E-state index in [0.29, 0.717) is 18.5 Å². The van der Waals surface area contributed by atoms with Gasteiger partial charge >= 0.3 is 0 Å². The Morgan fingerprint density at radius 3 is 2.68 bits per heavy atom. The fraction of sp³-hybridized carbons (Fsp3) is 0.714. The second-order valence-electron chi connectivity index (χ2n) is 5.71. The standard InChI is InChI=1S/C14H24N4O/c1-10(2)15-6-12-7-16-14(17-8-12)18-5-4-11(3)13(19)9-18/h7-8,10-11,13,15,19H,4-6,9H2,1-3H3. The van der Waals surface area contributed by atoms with Crippen LogP contribution in [-0.4, -0.2) is 40.3 Å². The summed E-state index contributed by atoms with van der Waals surface area (Å²) in [5.41, 5.74) is 1.09. The summed E-state index contributed by atoms with van der Waals surface area (Å²) >= 11 is 0. The average molecular weight is 264 g/mol. The number of aliphatic hydroxyl groups excluding tert-OH is 1. The molecule has 2 N–H and O–H groups in total. The quantitative estimate of drug-likeness (QED) is 0.855. The number of piperidine rings is 1. The van der Waals surface area contributed by atoms with Crippen molar-refractivity contribution in [2.75, 3.05) is 18.0 Å². The summed E-state index contributed by atoms with van der Waals surface area (Å²) in [6.45, 7) is 8.66. The molecule has 5 nitrogen and oxygen atoms in total. The Kier molecular flexibility index (Phi) is 4.71. The van der Waals surface area contributed by atoms with Crippen LogP contribution in [0.3, 0.4) is 0 Å². The van der Waals surface area contributed by atoms with Crippen LogP contribution in [0.15, 0.2) is 12.4 Å². The Bertz CT molecular complexity index is 393. The Labute approximate surface area is 115 Å². The van der Waals surface area contributed by atoms with Crippen molar-refractivity contribution in [2.24, 2.45) is 5.92 Å². The summed E-state index contributed by atoms with van der Waals surface area (Å²) in [6, 6.07) is 0.457. The van der Waals surface area contributed by atoms with E-state index in [4.69, 9.17) is 0 Å². The third-order valence-corrected chi connectivity index (χ3v) is 3.61. The molecule has 0 bridgehead atoms. The molecule has 0 radical (unpaired) electrons. The second kappa shape index (κ2) is 6.30. The molecule has 0 saturated carbocycles. The molecule has 2 atom stereocenters. The summed E-state index contributed by atoms with van der Waals surface area (Å²) in [7, 11) is 0.